The summed E-state index contributed by atoms with van der Waals surface area (Å²) in [5.41, 5.74) is 0. The van der Waals surface area contributed by atoms with Crippen LogP contribution >= 0.6 is 15.9 Å². The van der Waals surface area contributed by atoms with Crippen LogP contribution in [-0.4, -0.2) is 30.0 Å². The average Bonchev–Trinajstić information content (AvgIpc) is 3.00. The van der Waals surface area contributed by atoms with E-state index < -0.39 is 6.10 Å². The van der Waals surface area contributed by atoms with Crippen LogP contribution in [0.25, 0.3) is 10.8 Å². The van der Waals surface area contributed by atoms with E-state index in [-0.39, 0.29) is 5.91 Å². The molecule has 0 unspecified atom stereocenters. The van der Waals surface area contributed by atoms with Gasteiger partial charge >= 0.3 is 0 Å². The summed E-state index contributed by atoms with van der Waals surface area (Å²) in [5.74, 6) is 0.827. The van der Waals surface area contributed by atoms with Crippen molar-refractivity contribution in [2.24, 2.45) is 0 Å². The summed E-state index contributed by atoms with van der Waals surface area (Å²) in [6, 6.07) is 12.0. The molecule has 0 aromatic heterocycles. The standard InChI is InChI=1S/C17H18BrNO2/c1-12(17(20)19-8-2-3-9-19)21-16-7-5-13-10-15(18)6-4-14(13)11-16/h4-7,10-12H,2-3,8-9H2,1H3/t12-/m0/s1. The molecule has 110 valence electrons. The molecule has 1 amide bonds. The summed E-state index contributed by atoms with van der Waals surface area (Å²) in [7, 11) is 0. The van der Waals surface area contributed by atoms with Crippen molar-refractivity contribution in [3.63, 3.8) is 0 Å². The van der Waals surface area contributed by atoms with Gasteiger partial charge in [-0.1, -0.05) is 28.1 Å². The Labute approximate surface area is 133 Å². The van der Waals surface area contributed by atoms with E-state index in [0.717, 1.165) is 46.9 Å². The van der Waals surface area contributed by atoms with Crippen molar-refractivity contribution < 1.29 is 9.53 Å². The molecule has 4 heteroatoms. The molecule has 0 N–H and O–H groups in total. The lowest BCUT2D eigenvalue weighted by Gasteiger charge is -2.21. The molecule has 1 aliphatic heterocycles. The minimum atomic E-state index is -0.434. The van der Waals surface area contributed by atoms with E-state index >= 15 is 0 Å². The van der Waals surface area contributed by atoms with E-state index in [9.17, 15) is 4.79 Å². The predicted octanol–water partition coefficient (Wildman–Crippen LogP) is 3.99. The van der Waals surface area contributed by atoms with Crippen LogP contribution in [0.1, 0.15) is 19.8 Å². The third kappa shape index (κ3) is 3.21. The van der Waals surface area contributed by atoms with Crippen molar-refractivity contribution in [1.29, 1.82) is 0 Å². The molecule has 1 saturated heterocycles. The van der Waals surface area contributed by atoms with Gasteiger partial charge < -0.3 is 9.64 Å². The van der Waals surface area contributed by atoms with Crippen LogP contribution in [0.15, 0.2) is 40.9 Å². The van der Waals surface area contributed by atoms with E-state index in [0.29, 0.717) is 0 Å². The summed E-state index contributed by atoms with van der Waals surface area (Å²) in [6.07, 6.45) is 1.77. The Kier molecular flexibility index (Phi) is 4.15. The highest BCUT2D eigenvalue weighted by Gasteiger charge is 2.24. The van der Waals surface area contributed by atoms with Crippen LogP contribution in [0, 0.1) is 0 Å². The Bertz CT molecular complexity index is 665. The summed E-state index contributed by atoms with van der Waals surface area (Å²) in [4.78, 5) is 14.1. The van der Waals surface area contributed by atoms with Gasteiger partial charge in [-0.05, 0) is 54.8 Å². The third-order valence-electron chi connectivity index (χ3n) is 3.85. The second kappa shape index (κ2) is 6.06. The van der Waals surface area contributed by atoms with Gasteiger partial charge in [-0.25, -0.2) is 0 Å². The maximum absolute atomic E-state index is 12.3. The molecule has 0 radical (unpaired) electrons. The fourth-order valence-electron chi connectivity index (χ4n) is 2.72. The summed E-state index contributed by atoms with van der Waals surface area (Å²) < 4.78 is 6.88. The normalized spacial score (nSPS) is 16.2. The van der Waals surface area contributed by atoms with Gasteiger partial charge in [0.1, 0.15) is 5.75 Å². The number of carbonyl (C=O) groups is 1. The SMILES string of the molecule is C[C@H](Oc1ccc2cc(Br)ccc2c1)C(=O)N1CCCC1. The number of nitrogens with zero attached hydrogens (tertiary/aromatic N) is 1. The smallest absolute Gasteiger partial charge is 0.263 e. The highest BCUT2D eigenvalue weighted by Crippen LogP contribution is 2.25. The molecule has 0 saturated carbocycles. The molecule has 1 fully saturated rings. The Morgan fingerprint density at radius 1 is 1.14 bits per heavy atom. The number of amides is 1. The third-order valence-corrected chi connectivity index (χ3v) is 4.35. The van der Waals surface area contributed by atoms with Gasteiger partial charge in [0.15, 0.2) is 6.10 Å². The zero-order chi connectivity index (χ0) is 14.8. The van der Waals surface area contributed by atoms with E-state index in [1.54, 1.807) is 0 Å². The number of benzene rings is 2. The fraction of sp³-hybridized carbons (Fsp3) is 0.353. The number of rotatable bonds is 3. The molecule has 2 aromatic rings. The minimum Gasteiger partial charge on any atom is -0.481 e. The van der Waals surface area contributed by atoms with Gasteiger partial charge in [0.05, 0.1) is 0 Å². The zero-order valence-corrected chi connectivity index (χ0v) is 13.6. The number of hydrogen-bond acceptors (Lipinski definition) is 2. The van der Waals surface area contributed by atoms with Gasteiger partial charge in [0.2, 0.25) is 0 Å². The number of carbonyl (C=O) groups excluding carboxylic acids is 1. The molecule has 1 atom stereocenters. The minimum absolute atomic E-state index is 0.0865. The lowest BCUT2D eigenvalue weighted by atomic mass is 10.1. The average molecular weight is 348 g/mol. The quantitative estimate of drug-likeness (QED) is 0.839. The Balaban J connectivity index is 1.74. The van der Waals surface area contributed by atoms with E-state index in [1.165, 1.54) is 0 Å². The van der Waals surface area contributed by atoms with Gasteiger partial charge in [0.25, 0.3) is 5.91 Å². The highest BCUT2D eigenvalue weighted by molar-refractivity contribution is 9.10. The molecule has 0 bridgehead atoms. The molecular weight excluding hydrogens is 330 g/mol. The lowest BCUT2D eigenvalue weighted by Crippen LogP contribution is -2.38. The van der Waals surface area contributed by atoms with E-state index in [1.807, 2.05) is 42.2 Å². The first-order valence-corrected chi connectivity index (χ1v) is 8.07. The molecule has 0 spiro atoms. The second-order valence-corrected chi connectivity index (χ2v) is 6.36. The van der Waals surface area contributed by atoms with Crippen molar-refractivity contribution in [1.82, 2.24) is 4.90 Å². The summed E-state index contributed by atoms with van der Waals surface area (Å²) >= 11 is 3.47. The van der Waals surface area contributed by atoms with Crippen molar-refractivity contribution in [3.05, 3.63) is 40.9 Å². The lowest BCUT2D eigenvalue weighted by molar-refractivity contribution is -0.136. The van der Waals surface area contributed by atoms with E-state index in [2.05, 4.69) is 22.0 Å². The van der Waals surface area contributed by atoms with Crippen LogP contribution in [0.4, 0.5) is 0 Å². The van der Waals surface area contributed by atoms with Crippen LogP contribution in [0.5, 0.6) is 5.75 Å². The van der Waals surface area contributed by atoms with E-state index in [4.69, 9.17) is 4.74 Å². The first-order valence-electron chi connectivity index (χ1n) is 7.28. The summed E-state index contributed by atoms with van der Waals surface area (Å²) in [6.45, 7) is 3.54. The number of hydrogen-bond donors (Lipinski definition) is 0. The molecule has 21 heavy (non-hydrogen) atoms. The Morgan fingerprint density at radius 3 is 2.57 bits per heavy atom. The molecular formula is C17H18BrNO2. The fourth-order valence-corrected chi connectivity index (χ4v) is 3.10. The van der Waals surface area contributed by atoms with Crippen LogP contribution in [0.2, 0.25) is 0 Å². The van der Waals surface area contributed by atoms with Gasteiger partial charge in [-0.2, -0.15) is 0 Å². The first-order chi connectivity index (χ1) is 10.1. The molecule has 3 nitrogen and oxygen atoms in total. The Morgan fingerprint density at radius 2 is 1.81 bits per heavy atom. The zero-order valence-electron chi connectivity index (χ0n) is 12.0. The van der Waals surface area contributed by atoms with Crippen LogP contribution in [0.3, 0.4) is 0 Å². The molecule has 1 heterocycles. The molecule has 0 aliphatic carbocycles. The topological polar surface area (TPSA) is 29.5 Å². The van der Waals surface area contributed by atoms with Gasteiger partial charge in [-0.3, -0.25) is 4.79 Å². The number of fused-ring (bicyclic) bond motifs is 1. The largest absolute Gasteiger partial charge is 0.481 e. The maximum atomic E-state index is 12.3. The number of likely N-dealkylation sites (tertiary alicyclic amines) is 1. The maximum Gasteiger partial charge on any atom is 0.263 e. The van der Waals surface area contributed by atoms with Gasteiger partial charge in [0, 0.05) is 17.6 Å². The Hall–Kier alpha value is -1.55. The first kappa shape index (κ1) is 14.4. The van der Waals surface area contributed by atoms with Crippen molar-refractivity contribution in [3.8, 4) is 5.75 Å². The van der Waals surface area contributed by atoms with Crippen molar-refractivity contribution in [2.75, 3.05) is 13.1 Å². The predicted molar refractivity (Wildman–Crippen MR) is 87.6 cm³/mol. The number of ether oxygens (including phenoxy) is 1. The van der Waals surface area contributed by atoms with Crippen molar-refractivity contribution >= 4 is 32.6 Å². The van der Waals surface area contributed by atoms with Gasteiger partial charge in [-0.15, -0.1) is 0 Å². The van der Waals surface area contributed by atoms with Crippen LogP contribution < -0.4 is 4.74 Å². The monoisotopic (exact) mass is 347 g/mol. The molecule has 2 aromatic carbocycles. The second-order valence-electron chi connectivity index (χ2n) is 5.45. The number of halogens is 1. The molecule has 1 aliphatic rings. The van der Waals surface area contributed by atoms with Crippen molar-refractivity contribution in [2.45, 2.75) is 25.9 Å². The highest BCUT2D eigenvalue weighted by atomic mass is 79.9. The molecule has 3 rings (SSSR count). The summed E-state index contributed by atoms with van der Waals surface area (Å²) in [5, 5.41) is 2.26. The van der Waals surface area contributed by atoms with Crippen LogP contribution in [-0.2, 0) is 4.79 Å².